The minimum Gasteiger partial charge on any atom is -0.0616 e. The van der Waals surface area contributed by atoms with Gasteiger partial charge in [-0.3, -0.25) is 0 Å². The first kappa shape index (κ1) is 70.8. The Morgan fingerprint density at radius 1 is 0.0781 bits per heavy atom. The molecule has 0 nitrogen and oxygen atoms in total. The molecule has 0 heterocycles. The van der Waals surface area contributed by atoms with Crippen LogP contribution >= 0.6 is 0 Å². The predicted molar refractivity (Wildman–Crippen MR) is 555 cm³/mol. The van der Waals surface area contributed by atoms with Gasteiger partial charge in [0.15, 0.2) is 0 Å². The fourth-order valence-corrected chi connectivity index (χ4v) is 23.2. The minimum absolute atomic E-state index is 1.19. The van der Waals surface area contributed by atoms with E-state index in [1.165, 1.54) is 293 Å². The highest BCUT2D eigenvalue weighted by Crippen LogP contribution is 2.54. The lowest BCUT2D eigenvalue weighted by atomic mass is 9.82. The highest BCUT2D eigenvalue weighted by Gasteiger charge is 2.27. The molecule has 0 atom stereocenters. The molecule has 0 unspecified atom stereocenters. The molecular weight excluding hydrogens is 1540 g/mol. The van der Waals surface area contributed by atoms with Gasteiger partial charge in [0.05, 0.1) is 0 Å². The van der Waals surface area contributed by atoms with Gasteiger partial charge >= 0.3 is 0 Å². The smallest absolute Gasteiger partial charge is 0.00201 e. The van der Waals surface area contributed by atoms with Gasteiger partial charge in [-0.1, -0.05) is 388 Å². The highest BCUT2D eigenvalue weighted by atomic mass is 14.3. The van der Waals surface area contributed by atoms with E-state index in [1.54, 1.807) is 0 Å². The Kier molecular flexibility index (Phi) is 15.2. The molecular formula is C128H74. The van der Waals surface area contributed by atoms with E-state index in [4.69, 9.17) is 0 Å². The Morgan fingerprint density at radius 3 is 0.641 bits per heavy atom. The third-order valence-electron chi connectivity index (χ3n) is 28.8. The van der Waals surface area contributed by atoms with Crippen molar-refractivity contribution >= 4 is 215 Å². The quantitative estimate of drug-likeness (QED) is 0.110. The largest absolute Gasteiger partial charge is 0.0616 e. The molecule has 0 spiro atoms. The molecule has 0 amide bonds. The Balaban J connectivity index is 0.624. The molecule has 586 valence electrons. The molecule has 28 aromatic rings. The van der Waals surface area contributed by atoms with Crippen molar-refractivity contribution in [1.82, 2.24) is 0 Å². The van der Waals surface area contributed by atoms with Crippen molar-refractivity contribution < 1.29 is 0 Å². The second kappa shape index (κ2) is 27.4. The van der Waals surface area contributed by atoms with Gasteiger partial charge in [-0.25, -0.2) is 0 Å². The Hall–Kier alpha value is -16.6. The minimum atomic E-state index is 1.19. The highest BCUT2D eigenvalue weighted by molar-refractivity contribution is 6.34. The first-order chi connectivity index (χ1) is 63.5. The molecule has 0 aliphatic carbocycles. The third-order valence-corrected chi connectivity index (χ3v) is 28.8. The second-order valence-electron chi connectivity index (χ2n) is 35.3. The molecule has 28 aromatic carbocycles. The molecule has 0 bridgehead atoms. The van der Waals surface area contributed by atoms with Crippen molar-refractivity contribution in [3.8, 4) is 77.9 Å². The maximum absolute atomic E-state index is 2.56. The summed E-state index contributed by atoms with van der Waals surface area (Å²) in [6, 6.07) is 171. The second-order valence-corrected chi connectivity index (χ2v) is 35.3. The summed E-state index contributed by atoms with van der Waals surface area (Å²) in [5.74, 6) is 0. The lowest BCUT2D eigenvalue weighted by Gasteiger charge is -2.21. The topological polar surface area (TPSA) is 0 Å². The summed E-state index contributed by atoms with van der Waals surface area (Å²) >= 11 is 0. The van der Waals surface area contributed by atoms with E-state index in [0.29, 0.717) is 0 Å². The average Bonchev–Trinajstić information content (AvgIpc) is 0.680. The van der Waals surface area contributed by atoms with Crippen LogP contribution in [-0.2, 0) is 0 Å². The van der Waals surface area contributed by atoms with Crippen molar-refractivity contribution in [1.29, 1.82) is 0 Å². The maximum Gasteiger partial charge on any atom is -0.00201 e. The van der Waals surface area contributed by atoms with Crippen molar-refractivity contribution in [3.63, 3.8) is 0 Å². The van der Waals surface area contributed by atoms with Gasteiger partial charge in [0.25, 0.3) is 0 Å². The summed E-state index contributed by atoms with van der Waals surface area (Å²) < 4.78 is 0. The van der Waals surface area contributed by atoms with Crippen molar-refractivity contribution in [2.75, 3.05) is 0 Å². The van der Waals surface area contributed by atoms with Crippen LogP contribution in [0.1, 0.15) is 0 Å². The summed E-state index contributed by atoms with van der Waals surface area (Å²) in [4.78, 5) is 0. The SMILES string of the molecule is c1ccc2c(-c3c4ccccc4cc4c3ccc3ccc(-c5c6ccccc6cc6c5cc(-c5c7ccccc7cc7c5ccc5c(-c8cccc9c8ccc8c(-c%10cc%11c(-c%12ccc%13ccc%14c(-c%15cccc%16ccccc%15%16)c%15ccccc%15cc%14c%13c%12)c%12ccccc%12cc%11c%11ccccc%10%11)c%10ccccc%10cc89)cccc57)c5ccccc56)cc34)cccc2c1. The normalized spacial score (nSPS) is 12.2. The Bertz CT molecular complexity index is 9270. The van der Waals surface area contributed by atoms with Gasteiger partial charge in [0.1, 0.15) is 0 Å². The summed E-state index contributed by atoms with van der Waals surface area (Å²) in [6.07, 6.45) is 0. The Morgan fingerprint density at radius 2 is 0.289 bits per heavy atom. The van der Waals surface area contributed by atoms with Gasteiger partial charge in [-0.2, -0.15) is 0 Å². The zero-order valence-electron chi connectivity index (χ0n) is 69.7. The fraction of sp³-hybridized carbons (Fsp3) is 0. The van der Waals surface area contributed by atoms with Crippen LogP contribution in [0.25, 0.3) is 293 Å². The summed E-state index contributed by atoms with van der Waals surface area (Å²) in [6.45, 7) is 0. The maximum atomic E-state index is 2.56. The molecule has 0 aromatic heterocycles. The molecule has 0 aliphatic heterocycles. The molecule has 128 heavy (non-hydrogen) atoms. The van der Waals surface area contributed by atoms with Crippen LogP contribution in [0.3, 0.4) is 0 Å². The number of rotatable bonds is 7. The molecule has 0 saturated heterocycles. The third kappa shape index (κ3) is 10.4. The van der Waals surface area contributed by atoms with E-state index in [9.17, 15) is 0 Å². The van der Waals surface area contributed by atoms with Gasteiger partial charge in [-0.05, 0) is 354 Å². The van der Waals surface area contributed by atoms with E-state index in [1.807, 2.05) is 0 Å². The molecule has 0 N–H and O–H groups in total. The Labute approximate surface area is 736 Å². The van der Waals surface area contributed by atoms with Crippen LogP contribution < -0.4 is 0 Å². The first-order valence-electron chi connectivity index (χ1n) is 44.7. The van der Waals surface area contributed by atoms with Gasteiger partial charge in [-0.15, -0.1) is 0 Å². The van der Waals surface area contributed by atoms with Crippen LogP contribution in [0.4, 0.5) is 0 Å². The van der Waals surface area contributed by atoms with E-state index in [0.717, 1.165) is 0 Å². The zero-order valence-corrected chi connectivity index (χ0v) is 69.7. The van der Waals surface area contributed by atoms with Crippen LogP contribution in [0, 0.1) is 0 Å². The number of fused-ring (bicyclic) bond motifs is 26. The fourth-order valence-electron chi connectivity index (χ4n) is 23.2. The lowest BCUT2D eigenvalue weighted by molar-refractivity contribution is 1.69. The van der Waals surface area contributed by atoms with Crippen LogP contribution in [0.2, 0.25) is 0 Å². The monoisotopic (exact) mass is 1610 g/mol. The average molecular weight is 1610 g/mol. The molecule has 28 rings (SSSR count). The van der Waals surface area contributed by atoms with E-state index < -0.39 is 0 Å². The van der Waals surface area contributed by atoms with Crippen molar-refractivity contribution in [2.45, 2.75) is 0 Å². The first-order valence-corrected chi connectivity index (χ1v) is 44.7. The van der Waals surface area contributed by atoms with Crippen molar-refractivity contribution in [2.24, 2.45) is 0 Å². The van der Waals surface area contributed by atoms with Gasteiger partial charge in [0.2, 0.25) is 0 Å². The summed E-state index contributed by atoms with van der Waals surface area (Å²) in [7, 11) is 0. The van der Waals surface area contributed by atoms with E-state index >= 15 is 0 Å². The number of hydrogen-bond donors (Lipinski definition) is 0. The summed E-state index contributed by atoms with van der Waals surface area (Å²) in [5.41, 5.74) is 17.3. The predicted octanol–water partition coefficient (Wildman–Crippen LogP) is 36.4. The van der Waals surface area contributed by atoms with Crippen LogP contribution in [-0.4, -0.2) is 0 Å². The van der Waals surface area contributed by atoms with Gasteiger partial charge < -0.3 is 0 Å². The molecule has 0 heteroatoms. The molecule has 0 radical (unpaired) electrons. The number of benzene rings is 28. The van der Waals surface area contributed by atoms with E-state index in [2.05, 4.69) is 449 Å². The van der Waals surface area contributed by atoms with Crippen molar-refractivity contribution in [3.05, 3.63) is 449 Å². The van der Waals surface area contributed by atoms with Gasteiger partial charge in [0, 0.05) is 0 Å². The standard InChI is InChI=1S/C128H74/c1-9-35-87-75(25-1)33-21-51-105(87)125-91-39-13-5-31-83(91)69-117-107(125)59-57-77-53-55-85(71-111(77)117)123-89-37-11-3-27-79(89)67-115-97-43-17-19-45-101(97)119(73-121(115)123)127-93-41-15-7-29-81(93)65-113-99-49-23-47-95(103(99)61-63-109(113)127)96-48-24-50-100-104(96)62-64-110-114(100)66-82-30-8-16-42-94(82)128(110)120-74-122-116(98-44-18-20-46-102(98)120)68-80-28-4-12-38-90(80)124(122)86-56-54-78-58-60-108-118(112(78)72-86)70-84-32-6-14-40-92(84)126(108)106-52-22-34-76-26-2-10-36-88(76)106/h1-74H. The van der Waals surface area contributed by atoms with Crippen LogP contribution in [0.5, 0.6) is 0 Å². The molecule has 0 saturated carbocycles. The van der Waals surface area contributed by atoms with E-state index in [-0.39, 0.29) is 0 Å². The van der Waals surface area contributed by atoms with Crippen LogP contribution in [0.15, 0.2) is 449 Å². The summed E-state index contributed by atoms with van der Waals surface area (Å²) in [5, 5.41) is 49.3. The zero-order chi connectivity index (χ0) is 83.5. The lowest BCUT2D eigenvalue weighted by Crippen LogP contribution is -1.93. The number of hydrogen-bond acceptors (Lipinski definition) is 0. The molecule has 0 fully saturated rings. The molecule has 0 aliphatic rings.